The Morgan fingerprint density at radius 1 is 1.09 bits per heavy atom. The van der Waals surface area contributed by atoms with Gasteiger partial charge in [-0.15, -0.1) is 11.3 Å². The molecule has 23 heavy (non-hydrogen) atoms. The summed E-state index contributed by atoms with van der Waals surface area (Å²) < 4.78 is 12.1. The molecule has 0 fully saturated rings. The zero-order chi connectivity index (χ0) is 15.6. The molecule has 0 saturated carbocycles. The molecule has 0 bridgehead atoms. The lowest BCUT2D eigenvalue weighted by molar-refractivity contribution is 0.306. The fourth-order valence-electron chi connectivity index (χ4n) is 2.35. The molecule has 2 aromatic carbocycles. The first-order chi connectivity index (χ1) is 11.3. The first-order valence-corrected chi connectivity index (χ1v) is 8.10. The van der Waals surface area contributed by atoms with Crippen LogP contribution in [0.25, 0.3) is 21.5 Å². The molecule has 0 aliphatic rings. The summed E-state index contributed by atoms with van der Waals surface area (Å²) in [6.45, 7) is 2.35. The maximum absolute atomic E-state index is 5.82. The molecular weight excluding hydrogens is 308 g/mol. The number of fused-ring (bicyclic) bond motifs is 1. The summed E-state index contributed by atoms with van der Waals surface area (Å²) in [6, 6.07) is 17.9. The van der Waals surface area contributed by atoms with Gasteiger partial charge in [0.15, 0.2) is 0 Å². The van der Waals surface area contributed by atoms with Gasteiger partial charge in [-0.05, 0) is 43.3 Å². The van der Waals surface area contributed by atoms with Crippen molar-refractivity contribution in [2.24, 2.45) is 0 Å². The number of aromatic nitrogens is 2. The third kappa shape index (κ3) is 2.96. The van der Waals surface area contributed by atoms with Crippen LogP contribution in [0.15, 0.2) is 59.1 Å². The number of hydrogen-bond donors (Lipinski definition) is 0. The maximum atomic E-state index is 5.82. The highest BCUT2D eigenvalue weighted by Gasteiger charge is 2.06. The summed E-state index contributed by atoms with van der Waals surface area (Å²) in [7, 11) is 0. The topological polar surface area (TPSA) is 48.2 Å². The lowest BCUT2D eigenvalue weighted by Crippen LogP contribution is -1.94. The van der Waals surface area contributed by atoms with Crippen LogP contribution in [-0.4, -0.2) is 10.1 Å². The highest BCUT2D eigenvalue weighted by Crippen LogP contribution is 2.25. The first kappa shape index (κ1) is 14.0. The van der Waals surface area contributed by atoms with E-state index in [1.54, 1.807) is 11.3 Å². The minimum Gasteiger partial charge on any atom is -0.486 e. The number of aryl methyl sites for hydroxylation is 1. The van der Waals surface area contributed by atoms with Crippen LogP contribution in [-0.2, 0) is 6.61 Å². The van der Waals surface area contributed by atoms with Gasteiger partial charge < -0.3 is 9.26 Å². The highest BCUT2D eigenvalue weighted by molar-refractivity contribution is 7.18. The van der Waals surface area contributed by atoms with Crippen molar-refractivity contribution in [2.45, 2.75) is 13.5 Å². The fraction of sp³-hybridized carbons (Fsp3) is 0.111. The quantitative estimate of drug-likeness (QED) is 0.539. The Morgan fingerprint density at radius 3 is 2.65 bits per heavy atom. The Bertz CT molecular complexity index is 908. The van der Waals surface area contributed by atoms with Crippen LogP contribution in [0, 0.1) is 6.92 Å². The van der Waals surface area contributed by atoms with Gasteiger partial charge in [0, 0.05) is 11.6 Å². The Balaban J connectivity index is 1.46. The van der Waals surface area contributed by atoms with Gasteiger partial charge in [-0.3, -0.25) is 0 Å². The number of benzene rings is 2. The molecule has 0 unspecified atom stereocenters. The molecular formula is C18H14N2O2S. The lowest BCUT2D eigenvalue weighted by atomic mass is 10.1. The molecule has 2 aromatic heterocycles. The van der Waals surface area contributed by atoms with Gasteiger partial charge in [0.05, 0.1) is 10.2 Å². The van der Waals surface area contributed by atoms with Crippen molar-refractivity contribution in [2.75, 3.05) is 0 Å². The second kappa shape index (κ2) is 5.85. The van der Waals surface area contributed by atoms with Crippen molar-refractivity contribution in [3.8, 4) is 17.0 Å². The average Bonchev–Trinajstić information content (AvgIpc) is 3.19. The van der Waals surface area contributed by atoms with Crippen molar-refractivity contribution >= 4 is 21.6 Å². The maximum Gasteiger partial charge on any atom is 0.140 e. The van der Waals surface area contributed by atoms with E-state index in [-0.39, 0.29) is 0 Å². The Morgan fingerprint density at radius 2 is 1.91 bits per heavy atom. The second-order valence-electron chi connectivity index (χ2n) is 5.21. The van der Waals surface area contributed by atoms with Crippen molar-refractivity contribution in [3.63, 3.8) is 0 Å². The van der Waals surface area contributed by atoms with Gasteiger partial charge in [0.25, 0.3) is 0 Å². The van der Waals surface area contributed by atoms with Crippen molar-refractivity contribution in [1.82, 2.24) is 10.1 Å². The highest BCUT2D eigenvalue weighted by atomic mass is 32.1. The van der Waals surface area contributed by atoms with E-state index in [0.29, 0.717) is 6.61 Å². The van der Waals surface area contributed by atoms with E-state index >= 15 is 0 Å². The smallest absolute Gasteiger partial charge is 0.140 e. The van der Waals surface area contributed by atoms with E-state index in [1.165, 1.54) is 4.70 Å². The van der Waals surface area contributed by atoms with Gasteiger partial charge in [0.2, 0.25) is 0 Å². The van der Waals surface area contributed by atoms with Crippen LogP contribution in [0.3, 0.4) is 0 Å². The molecule has 114 valence electrons. The molecule has 0 amide bonds. The van der Waals surface area contributed by atoms with Crippen LogP contribution < -0.4 is 4.74 Å². The van der Waals surface area contributed by atoms with Crippen molar-refractivity contribution in [1.29, 1.82) is 0 Å². The normalized spacial score (nSPS) is 11.0. The molecule has 0 spiro atoms. The van der Waals surface area contributed by atoms with Gasteiger partial charge in [-0.25, -0.2) is 4.98 Å². The molecule has 0 saturated heterocycles. The molecule has 0 aliphatic heterocycles. The summed E-state index contributed by atoms with van der Waals surface area (Å²) in [5, 5.41) is 4.98. The summed E-state index contributed by atoms with van der Waals surface area (Å²) in [5.41, 5.74) is 2.86. The average molecular weight is 322 g/mol. The number of rotatable bonds is 4. The molecule has 0 N–H and O–H groups in total. The van der Waals surface area contributed by atoms with Gasteiger partial charge in [0.1, 0.15) is 28.8 Å². The fourth-order valence-corrected chi connectivity index (χ4v) is 3.23. The van der Waals surface area contributed by atoms with Crippen LogP contribution in [0.5, 0.6) is 5.75 Å². The number of nitrogens with zero attached hydrogens (tertiary/aromatic N) is 2. The predicted octanol–water partition coefficient (Wildman–Crippen LogP) is 4.84. The third-order valence-corrected chi connectivity index (χ3v) is 4.49. The number of thiazole rings is 1. The molecule has 0 atom stereocenters. The van der Waals surface area contributed by atoms with Gasteiger partial charge >= 0.3 is 0 Å². The zero-order valence-corrected chi connectivity index (χ0v) is 13.3. The number of hydrogen-bond acceptors (Lipinski definition) is 5. The van der Waals surface area contributed by atoms with E-state index in [1.807, 2.05) is 55.5 Å². The summed E-state index contributed by atoms with van der Waals surface area (Å²) in [5.74, 6) is 1.62. The van der Waals surface area contributed by atoms with Gasteiger partial charge in [-0.1, -0.05) is 17.3 Å². The standard InChI is InChI=1S/C18H14N2O2S/c1-12-10-16(20-22-12)13-6-8-14(9-7-13)21-11-18-19-15-4-2-3-5-17(15)23-18/h2-10H,11H2,1H3. The molecule has 4 rings (SSSR count). The van der Waals surface area contributed by atoms with Crippen molar-refractivity contribution in [3.05, 3.63) is 65.4 Å². The van der Waals surface area contributed by atoms with Crippen LogP contribution in [0.4, 0.5) is 0 Å². The number of ether oxygens (including phenoxy) is 1. The van der Waals surface area contributed by atoms with E-state index in [4.69, 9.17) is 9.26 Å². The Kier molecular flexibility index (Phi) is 3.55. The summed E-state index contributed by atoms with van der Waals surface area (Å²) in [4.78, 5) is 4.57. The largest absolute Gasteiger partial charge is 0.486 e. The Labute approximate surface area is 137 Å². The third-order valence-electron chi connectivity index (χ3n) is 3.48. The molecule has 4 nitrogen and oxygen atoms in total. The van der Waals surface area contributed by atoms with Crippen LogP contribution in [0.1, 0.15) is 10.8 Å². The van der Waals surface area contributed by atoms with Crippen LogP contribution >= 0.6 is 11.3 Å². The minimum atomic E-state index is 0.474. The SMILES string of the molecule is Cc1cc(-c2ccc(OCc3nc4ccccc4s3)cc2)no1. The molecule has 0 aliphatic carbocycles. The molecule has 2 heterocycles. The van der Waals surface area contributed by atoms with E-state index in [2.05, 4.69) is 16.2 Å². The van der Waals surface area contributed by atoms with E-state index in [0.717, 1.165) is 33.3 Å². The molecule has 4 aromatic rings. The monoisotopic (exact) mass is 322 g/mol. The summed E-state index contributed by atoms with van der Waals surface area (Å²) >= 11 is 1.66. The minimum absolute atomic E-state index is 0.474. The van der Waals surface area contributed by atoms with E-state index < -0.39 is 0 Å². The lowest BCUT2D eigenvalue weighted by Gasteiger charge is -2.04. The predicted molar refractivity (Wildman–Crippen MR) is 90.6 cm³/mol. The Hall–Kier alpha value is -2.66. The summed E-state index contributed by atoms with van der Waals surface area (Å²) in [6.07, 6.45) is 0. The zero-order valence-electron chi connectivity index (χ0n) is 12.5. The molecule has 5 heteroatoms. The number of para-hydroxylation sites is 1. The van der Waals surface area contributed by atoms with Crippen LogP contribution in [0.2, 0.25) is 0 Å². The van der Waals surface area contributed by atoms with Crippen molar-refractivity contribution < 1.29 is 9.26 Å². The second-order valence-corrected chi connectivity index (χ2v) is 6.33. The van der Waals surface area contributed by atoms with Gasteiger partial charge in [-0.2, -0.15) is 0 Å². The molecule has 0 radical (unpaired) electrons. The first-order valence-electron chi connectivity index (χ1n) is 7.29. The van der Waals surface area contributed by atoms with E-state index in [9.17, 15) is 0 Å².